The number of carbonyl (C=O) groups is 2. The van der Waals surface area contributed by atoms with Crippen LogP contribution in [0.3, 0.4) is 0 Å². The van der Waals surface area contributed by atoms with Gasteiger partial charge in [-0.05, 0) is 48.9 Å². The molecule has 1 saturated heterocycles. The Balaban J connectivity index is 1.83. The summed E-state index contributed by atoms with van der Waals surface area (Å²) in [6.45, 7) is 8.79. The first kappa shape index (κ1) is 21.9. The second kappa shape index (κ2) is 9.32. The maximum atomic E-state index is 13.3. The summed E-state index contributed by atoms with van der Waals surface area (Å²) in [5.74, 6) is 1.58. The molecule has 3 rings (SSSR count). The Kier molecular flexibility index (Phi) is 6.80. The van der Waals surface area contributed by atoms with Crippen molar-refractivity contribution in [3.8, 4) is 17.1 Å². The molecule has 0 bridgehead atoms. The molecule has 0 spiro atoms. The Labute approximate surface area is 177 Å². The Morgan fingerprint density at radius 1 is 1.20 bits per heavy atom. The van der Waals surface area contributed by atoms with Crippen molar-refractivity contribution in [3.63, 3.8) is 0 Å². The quantitative estimate of drug-likeness (QED) is 0.747. The highest BCUT2D eigenvalue weighted by Crippen LogP contribution is 2.26. The Morgan fingerprint density at radius 3 is 2.47 bits per heavy atom. The molecule has 2 heterocycles. The normalized spacial score (nSPS) is 19.3. The Hall–Kier alpha value is -2.83. The molecule has 1 aliphatic rings. The third kappa shape index (κ3) is 5.01. The molecule has 0 radical (unpaired) electrons. The summed E-state index contributed by atoms with van der Waals surface area (Å²) in [6, 6.07) is 8.43. The Bertz CT molecular complexity index is 873. The molecule has 1 fully saturated rings. The van der Waals surface area contributed by atoms with Gasteiger partial charge in [0.1, 0.15) is 11.8 Å². The molecule has 7 nitrogen and oxygen atoms in total. The number of nitrogens with zero attached hydrogens (tertiary/aromatic N) is 2. The van der Waals surface area contributed by atoms with E-state index in [0.29, 0.717) is 24.6 Å². The minimum Gasteiger partial charge on any atom is -0.497 e. The van der Waals surface area contributed by atoms with Gasteiger partial charge in [0.15, 0.2) is 11.5 Å². The number of benzene rings is 1. The number of aromatic nitrogens is 1. The molecule has 2 aromatic rings. The number of ether oxygens (including phenoxy) is 1. The van der Waals surface area contributed by atoms with Crippen LogP contribution in [0.5, 0.6) is 5.75 Å². The van der Waals surface area contributed by atoms with Gasteiger partial charge in [0.05, 0.1) is 7.11 Å². The van der Waals surface area contributed by atoms with Crippen molar-refractivity contribution in [1.29, 1.82) is 0 Å². The highest BCUT2D eigenvalue weighted by Gasteiger charge is 2.38. The topological polar surface area (TPSA) is 84.7 Å². The standard InChI is InChI=1S/C23H31N3O4/c1-14(2)10-17-13-26(20(11-15(3)4)22(27)24-17)23(28)19-12-21(30-25-19)16-6-8-18(29-5)9-7-16/h6-9,12,14-15,17,20H,10-11,13H2,1-5H3,(H,24,27). The largest absolute Gasteiger partial charge is 0.497 e. The molecule has 1 aliphatic heterocycles. The maximum absolute atomic E-state index is 13.3. The first-order valence-electron chi connectivity index (χ1n) is 10.5. The lowest BCUT2D eigenvalue weighted by atomic mass is 9.94. The minimum absolute atomic E-state index is 0.0576. The average Bonchev–Trinajstić information content (AvgIpc) is 3.19. The summed E-state index contributed by atoms with van der Waals surface area (Å²) in [7, 11) is 1.61. The van der Waals surface area contributed by atoms with E-state index in [4.69, 9.17) is 9.26 Å². The zero-order chi connectivity index (χ0) is 21.8. The number of amides is 2. The Morgan fingerprint density at radius 2 is 1.87 bits per heavy atom. The number of carbonyl (C=O) groups excluding carboxylic acids is 2. The lowest BCUT2D eigenvalue weighted by Gasteiger charge is -2.40. The van der Waals surface area contributed by atoms with Crippen molar-refractivity contribution < 1.29 is 18.8 Å². The molecule has 30 heavy (non-hydrogen) atoms. The minimum atomic E-state index is -0.498. The van der Waals surface area contributed by atoms with E-state index in [0.717, 1.165) is 17.7 Å². The first-order valence-corrected chi connectivity index (χ1v) is 10.5. The molecular weight excluding hydrogens is 382 g/mol. The molecule has 1 N–H and O–H groups in total. The highest BCUT2D eigenvalue weighted by atomic mass is 16.5. The molecule has 162 valence electrons. The average molecular weight is 414 g/mol. The summed E-state index contributed by atoms with van der Waals surface area (Å²) in [5, 5.41) is 7.10. The van der Waals surface area contributed by atoms with Crippen LogP contribution in [0.4, 0.5) is 0 Å². The van der Waals surface area contributed by atoms with E-state index < -0.39 is 6.04 Å². The molecule has 0 saturated carbocycles. The molecule has 2 atom stereocenters. The number of methoxy groups -OCH3 is 1. The third-order valence-electron chi connectivity index (χ3n) is 5.26. The van der Waals surface area contributed by atoms with E-state index in [1.54, 1.807) is 18.1 Å². The summed E-state index contributed by atoms with van der Waals surface area (Å²) in [5.41, 5.74) is 1.02. The van der Waals surface area contributed by atoms with Crippen LogP contribution >= 0.6 is 0 Å². The van der Waals surface area contributed by atoms with E-state index in [1.165, 1.54) is 0 Å². The van der Waals surface area contributed by atoms with Gasteiger partial charge in [-0.3, -0.25) is 9.59 Å². The fraction of sp³-hybridized carbons (Fsp3) is 0.522. The van der Waals surface area contributed by atoms with E-state index in [9.17, 15) is 9.59 Å². The number of hydrogen-bond donors (Lipinski definition) is 1. The molecule has 2 amide bonds. The van der Waals surface area contributed by atoms with Gasteiger partial charge in [-0.25, -0.2) is 0 Å². The van der Waals surface area contributed by atoms with Crippen LogP contribution in [0.25, 0.3) is 11.3 Å². The molecule has 2 unspecified atom stereocenters. The van der Waals surface area contributed by atoms with Crippen molar-refractivity contribution in [2.24, 2.45) is 11.8 Å². The highest BCUT2D eigenvalue weighted by molar-refractivity contribution is 5.97. The summed E-state index contributed by atoms with van der Waals surface area (Å²) >= 11 is 0. The van der Waals surface area contributed by atoms with Crippen molar-refractivity contribution in [1.82, 2.24) is 15.4 Å². The summed E-state index contributed by atoms with van der Waals surface area (Å²) in [4.78, 5) is 27.8. The lowest BCUT2D eigenvalue weighted by molar-refractivity contribution is -0.130. The molecule has 1 aromatic carbocycles. The van der Waals surface area contributed by atoms with Gasteiger partial charge in [-0.1, -0.05) is 32.9 Å². The number of nitrogens with one attached hydrogen (secondary N) is 1. The van der Waals surface area contributed by atoms with Gasteiger partial charge >= 0.3 is 0 Å². The molecular formula is C23H31N3O4. The van der Waals surface area contributed by atoms with Crippen molar-refractivity contribution >= 4 is 11.8 Å². The van der Waals surface area contributed by atoms with Gasteiger partial charge in [-0.2, -0.15) is 0 Å². The second-order valence-electron chi connectivity index (χ2n) is 8.74. The summed E-state index contributed by atoms with van der Waals surface area (Å²) in [6.07, 6.45) is 1.43. The van der Waals surface area contributed by atoms with Crippen LogP contribution < -0.4 is 10.1 Å². The second-order valence-corrected chi connectivity index (χ2v) is 8.74. The molecule has 1 aromatic heterocycles. The van der Waals surface area contributed by atoms with Gasteiger partial charge in [0.25, 0.3) is 5.91 Å². The van der Waals surface area contributed by atoms with E-state index in [1.807, 2.05) is 38.1 Å². The fourth-order valence-corrected chi connectivity index (χ4v) is 3.87. The lowest BCUT2D eigenvalue weighted by Crippen LogP contribution is -2.62. The van der Waals surface area contributed by atoms with Gasteiger partial charge in [0.2, 0.25) is 5.91 Å². The number of hydrogen-bond acceptors (Lipinski definition) is 5. The van der Waals surface area contributed by atoms with E-state index >= 15 is 0 Å². The summed E-state index contributed by atoms with van der Waals surface area (Å²) < 4.78 is 10.6. The van der Waals surface area contributed by atoms with Gasteiger partial charge in [-0.15, -0.1) is 0 Å². The van der Waals surface area contributed by atoms with Gasteiger partial charge in [0, 0.05) is 24.2 Å². The van der Waals surface area contributed by atoms with Crippen molar-refractivity contribution in [2.45, 2.75) is 52.6 Å². The van der Waals surface area contributed by atoms with Crippen LogP contribution in [0.15, 0.2) is 34.9 Å². The fourth-order valence-electron chi connectivity index (χ4n) is 3.87. The van der Waals surface area contributed by atoms with E-state index in [-0.39, 0.29) is 29.5 Å². The zero-order valence-corrected chi connectivity index (χ0v) is 18.3. The van der Waals surface area contributed by atoms with Crippen LogP contribution in [0.2, 0.25) is 0 Å². The predicted molar refractivity (Wildman–Crippen MR) is 114 cm³/mol. The SMILES string of the molecule is COc1ccc(-c2cc(C(=O)N3CC(CC(C)C)NC(=O)C3CC(C)C)no2)cc1. The predicted octanol–water partition coefficient (Wildman–Crippen LogP) is 3.75. The van der Waals surface area contributed by atoms with Crippen LogP contribution in [0.1, 0.15) is 51.0 Å². The molecule has 7 heteroatoms. The number of piperazine rings is 1. The third-order valence-corrected chi connectivity index (χ3v) is 5.26. The monoisotopic (exact) mass is 413 g/mol. The van der Waals surface area contributed by atoms with Crippen molar-refractivity contribution in [3.05, 3.63) is 36.0 Å². The van der Waals surface area contributed by atoms with Crippen LogP contribution in [-0.4, -0.2) is 47.6 Å². The first-order chi connectivity index (χ1) is 14.3. The maximum Gasteiger partial charge on any atom is 0.276 e. The van der Waals surface area contributed by atoms with Gasteiger partial charge < -0.3 is 19.5 Å². The zero-order valence-electron chi connectivity index (χ0n) is 18.3. The van der Waals surface area contributed by atoms with Crippen LogP contribution in [0, 0.1) is 11.8 Å². The smallest absolute Gasteiger partial charge is 0.276 e. The molecule has 0 aliphatic carbocycles. The van der Waals surface area contributed by atoms with Crippen LogP contribution in [-0.2, 0) is 4.79 Å². The number of rotatable bonds is 7. The van der Waals surface area contributed by atoms with Crippen molar-refractivity contribution in [2.75, 3.05) is 13.7 Å². The van der Waals surface area contributed by atoms with E-state index in [2.05, 4.69) is 24.3 Å².